The Bertz CT molecular complexity index is 738. The van der Waals surface area contributed by atoms with Crippen molar-refractivity contribution in [2.45, 2.75) is 50.7 Å². The number of carbonyl (C=O) groups excluding carboxylic acids is 1. The Morgan fingerprint density at radius 3 is 2.83 bits per heavy atom. The van der Waals surface area contributed by atoms with Crippen LogP contribution in [0.2, 0.25) is 0 Å². The lowest BCUT2D eigenvalue weighted by molar-refractivity contribution is -0.126. The molecule has 1 saturated carbocycles. The topological polar surface area (TPSA) is 45.2 Å². The summed E-state index contributed by atoms with van der Waals surface area (Å²) in [6, 6.07) is 8.36. The second-order valence-corrected chi connectivity index (χ2v) is 7.95. The molecule has 1 aromatic carbocycles. The summed E-state index contributed by atoms with van der Waals surface area (Å²) in [5.41, 5.74) is 2.63. The van der Waals surface area contributed by atoms with Crippen molar-refractivity contribution in [1.82, 2.24) is 15.2 Å². The van der Waals surface area contributed by atoms with Gasteiger partial charge in [-0.2, -0.15) is 0 Å². The lowest BCUT2D eigenvalue weighted by Gasteiger charge is -2.35. The summed E-state index contributed by atoms with van der Waals surface area (Å²) in [7, 11) is 1.72. The Hall–Kier alpha value is -1.72. The van der Waals surface area contributed by atoms with Crippen LogP contribution < -0.4 is 5.32 Å². The van der Waals surface area contributed by atoms with Crippen LogP contribution in [0, 0.1) is 0 Å². The van der Waals surface area contributed by atoms with E-state index in [2.05, 4.69) is 39.5 Å². The molecule has 1 amide bonds. The number of thiazole rings is 1. The molecule has 0 radical (unpaired) electrons. The minimum absolute atomic E-state index is 0.0980. The third kappa shape index (κ3) is 2.98. The molecule has 126 valence electrons. The Morgan fingerprint density at radius 2 is 2.12 bits per heavy atom. The number of carbonyl (C=O) groups is 1. The summed E-state index contributed by atoms with van der Waals surface area (Å²) in [6.07, 6.45) is 6.70. The summed E-state index contributed by atoms with van der Waals surface area (Å²) in [6.45, 7) is 1.63. The van der Waals surface area contributed by atoms with Gasteiger partial charge in [-0.15, -0.1) is 11.3 Å². The van der Waals surface area contributed by atoms with E-state index in [1.165, 1.54) is 40.3 Å². The molecule has 0 bridgehead atoms. The first-order valence-corrected chi connectivity index (χ1v) is 9.53. The zero-order valence-corrected chi connectivity index (χ0v) is 14.8. The van der Waals surface area contributed by atoms with Crippen LogP contribution in [-0.4, -0.2) is 28.9 Å². The maximum absolute atomic E-state index is 12.4. The van der Waals surface area contributed by atoms with Crippen molar-refractivity contribution >= 4 is 17.2 Å². The van der Waals surface area contributed by atoms with Gasteiger partial charge in [0.25, 0.3) is 0 Å². The van der Waals surface area contributed by atoms with Crippen LogP contribution in [0.25, 0.3) is 0 Å². The second-order valence-electron chi connectivity index (χ2n) is 6.80. The number of hydrogen-bond acceptors (Lipinski definition) is 4. The number of hydrogen-bond donors (Lipinski definition) is 1. The Labute approximate surface area is 146 Å². The molecule has 1 fully saturated rings. The van der Waals surface area contributed by atoms with Crippen LogP contribution in [0.3, 0.4) is 0 Å². The highest BCUT2D eigenvalue weighted by Gasteiger charge is 2.31. The van der Waals surface area contributed by atoms with E-state index in [-0.39, 0.29) is 11.9 Å². The first-order valence-electron chi connectivity index (χ1n) is 8.71. The smallest absolute Gasteiger partial charge is 0.237 e. The minimum atomic E-state index is -0.0980. The highest BCUT2D eigenvalue weighted by molar-refractivity contribution is 7.11. The monoisotopic (exact) mass is 341 g/mol. The normalized spacial score (nSPS) is 21.1. The molecular formula is C19H23N3OS. The van der Waals surface area contributed by atoms with Crippen LogP contribution in [0.4, 0.5) is 0 Å². The molecule has 4 rings (SSSR count). The van der Waals surface area contributed by atoms with E-state index in [0.717, 1.165) is 19.5 Å². The third-order valence-electron chi connectivity index (χ3n) is 5.28. The van der Waals surface area contributed by atoms with Crippen molar-refractivity contribution in [3.63, 3.8) is 0 Å². The predicted octanol–water partition coefficient (Wildman–Crippen LogP) is 3.08. The van der Waals surface area contributed by atoms with Crippen molar-refractivity contribution in [2.24, 2.45) is 0 Å². The van der Waals surface area contributed by atoms with Gasteiger partial charge in [0.15, 0.2) is 0 Å². The van der Waals surface area contributed by atoms with Gasteiger partial charge in [0.2, 0.25) is 5.91 Å². The van der Waals surface area contributed by atoms with Gasteiger partial charge in [-0.25, -0.2) is 4.98 Å². The van der Waals surface area contributed by atoms with Gasteiger partial charge >= 0.3 is 0 Å². The first-order chi connectivity index (χ1) is 11.7. The Kier molecular flexibility index (Phi) is 4.37. The number of amides is 1. The number of aromatic nitrogens is 1. The van der Waals surface area contributed by atoms with Crippen LogP contribution in [0.1, 0.15) is 46.2 Å². The van der Waals surface area contributed by atoms with Crippen LogP contribution in [0.15, 0.2) is 30.5 Å². The highest BCUT2D eigenvalue weighted by Crippen LogP contribution is 2.38. The van der Waals surface area contributed by atoms with Gasteiger partial charge in [-0.3, -0.25) is 9.69 Å². The second kappa shape index (κ2) is 6.65. The SMILES string of the molecule is CNC(=O)[C@@H]1Cc2ccccc2CN1Cc1cnc(C2CCC2)s1. The van der Waals surface area contributed by atoms with Crippen LogP contribution in [-0.2, 0) is 24.3 Å². The van der Waals surface area contributed by atoms with Gasteiger partial charge in [-0.1, -0.05) is 30.7 Å². The van der Waals surface area contributed by atoms with Gasteiger partial charge in [0.1, 0.15) is 0 Å². The average molecular weight is 341 g/mol. The summed E-state index contributed by atoms with van der Waals surface area (Å²) in [4.78, 5) is 20.6. The summed E-state index contributed by atoms with van der Waals surface area (Å²) in [5.74, 6) is 0.786. The van der Waals surface area contributed by atoms with Gasteiger partial charge in [-0.05, 0) is 30.4 Å². The molecule has 0 saturated heterocycles. The molecule has 24 heavy (non-hydrogen) atoms. The summed E-state index contributed by atoms with van der Waals surface area (Å²) < 4.78 is 0. The van der Waals surface area contributed by atoms with Crippen molar-refractivity contribution in [3.8, 4) is 0 Å². The molecule has 5 heteroatoms. The van der Waals surface area contributed by atoms with E-state index in [4.69, 9.17) is 0 Å². The fourth-order valence-corrected chi connectivity index (χ4v) is 4.72. The van der Waals surface area contributed by atoms with Crippen molar-refractivity contribution < 1.29 is 4.79 Å². The number of nitrogens with one attached hydrogen (secondary N) is 1. The Morgan fingerprint density at radius 1 is 1.33 bits per heavy atom. The molecule has 0 spiro atoms. The number of rotatable bonds is 4. The molecule has 1 aliphatic carbocycles. The molecule has 4 nitrogen and oxygen atoms in total. The number of fused-ring (bicyclic) bond motifs is 1. The van der Waals surface area contributed by atoms with Gasteiger partial charge in [0, 0.05) is 37.1 Å². The third-order valence-corrected chi connectivity index (χ3v) is 6.42. The largest absolute Gasteiger partial charge is 0.358 e. The standard InChI is InChI=1S/C19H23N3OS/c1-20-18(23)17-9-14-5-2-3-6-15(14)11-22(17)12-16-10-21-19(24-16)13-7-4-8-13/h2-3,5-6,10,13,17H,4,7-9,11-12H2,1H3,(H,20,23)/t17-/m0/s1. The van der Waals surface area contributed by atoms with Crippen molar-refractivity contribution in [1.29, 1.82) is 0 Å². The number of likely N-dealkylation sites (N-methyl/N-ethyl adjacent to an activating group) is 1. The first kappa shape index (κ1) is 15.8. The molecule has 1 N–H and O–H groups in total. The Balaban J connectivity index is 1.55. The maximum Gasteiger partial charge on any atom is 0.237 e. The zero-order chi connectivity index (χ0) is 16.5. The van der Waals surface area contributed by atoms with E-state index in [1.807, 2.05) is 17.5 Å². The number of nitrogens with zero attached hydrogens (tertiary/aromatic N) is 2. The molecule has 1 aromatic heterocycles. The quantitative estimate of drug-likeness (QED) is 0.929. The van der Waals surface area contributed by atoms with Crippen molar-refractivity contribution in [3.05, 3.63) is 51.5 Å². The fourth-order valence-electron chi connectivity index (χ4n) is 3.61. The van der Waals surface area contributed by atoms with Crippen LogP contribution >= 0.6 is 11.3 Å². The lowest BCUT2D eigenvalue weighted by atomic mass is 9.86. The average Bonchev–Trinajstić information content (AvgIpc) is 2.99. The van der Waals surface area contributed by atoms with E-state index in [1.54, 1.807) is 7.05 Å². The molecule has 2 aliphatic rings. The molecule has 0 unspecified atom stereocenters. The summed E-state index contributed by atoms with van der Waals surface area (Å²) in [5, 5.41) is 4.11. The molecular weight excluding hydrogens is 318 g/mol. The van der Waals surface area contributed by atoms with Crippen molar-refractivity contribution in [2.75, 3.05) is 7.05 Å². The van der Waals surface area contributed by atoms with E-state index in [9.17, 15) is 4.79 Å². The molecule has 1 aliphatic heterocycles. The predicted molar refractivity (Wildman–Crippen MR) is 96.0 cm³/mol. The molecule has 2 aromatic rings. The molecule has 1 atom stereocenters. The van der Waals surface area contributed by atoms with Gasteiger partial charge < -0.3 is 5.32 Å². The highest BCUT2D eigenvalue weighted by atomic mass is 32.1. The minimum Gasteiger partial charge on any atom is -0.358 e. The zero-order valence-electron chi connectivity index (χ0n) is 14.0. The fraction of sp³-hybridized carbons (Fsp3) is 0.474. The molecule has 2 heterocycles. The van der Waals surface area contributed by atoms with E-state index in [0.29, 0.717) is 5.92 Å². The van der Waals surface area contributed by atoms with Gasteiger partial charge in [0.05, 0.1) is 11.0 Å². The van der Waals surface area contributed by atoms with E-state index >= 15 is 0 Å². The number of benzene rings is 1. The van der Waals surface area contributed by atoms with Crippen LogP contribution in [0.5, 0.6) is 0 Å². The van der Waals surface area contributed by atoms with E-state index < -0.39 is 0 Å². The maximum atomic E-state index is 12.4. The summed E-state index contributed by atoms with van der Waals surface area (Å²) >= 11 is 1.83. The lowest BCUT2D eigenvalue weighted by Crippen LogP contribution is -2.48.